The zero-order valence-corrected chi connectivity index (χ0v) is 13.3. The molecule has 1 fully saturated rings. The van der Waals surface area contributed by atoms with Gasteiger partial charge in [-0.15, -0.1) is 24.0 Å². The number of benzene rings is 1. The van der Waals surface area contributed by atoms with Crippen LogP contribution in [-0.2, 0) is 6.42 Å². The molecule has 0 spiro atoms. The van der Waals surface area contributed by atoms with Gasteiger partial charge in [0.05, 0.1) is 0 Å². The molecule has 1 aromatic carbocycles. The van der Waals surface area contributed by atoms with Gasteiger partial charge in [-0.2, -0.15) is 0 Å². The molecule has 1 saturated carbocycles. The van der Waals surface area contributed by atoms with Crippen molar-refractivity contribution in [2.45, 2.75) is 25.8 Å². The first-order chi connectivity index (χ1) is 8.29. The molecule has 1 aliphatic carbocycles. The third-order valence-corrected chi connectivity index (χ3v) is 3.20. The van der Waals surface area contributed by atoms with Crippen LogP contribution in [0.4, 0.5) is 0 Å². The van der Waals surface area contributed by atoms with Crippen molar-refractivity contribution >= 4 is 29.9 Å². The zero-order chi connectivity index (χ0) is 12.1. The second-order valence-corrected chi connectivity index (χ2v) is 4.70. The molecule has 2 N–H and O–H groups in total. The minimum atomic E-state index is 0. The van der Waals surface area contributed by atoms with Gasteiger partial charge in [-0.05, 0) is 24.3 Å². The largest absolute Gasteiger partial charge is 0.356 e. The van der Waals surface area contributed by atoms with Crippen LogP contribution in [0.3, 0.4) is 0 Å². The van der Waals surface area contributed by atoms with Gasteiger partial charge in [0.25, 0.3) is 0 Å². The summed E-state index contributed by atoms with van der Waals surface area (Å²) >= 11 is 0. The molecule has 2 atom stereocenters. The van der Waals surface area contributed by atoms with Crippen LogP contribution in [0.25, 0.3) is 0 Å². The van der Waals surface area contributed by atoms with Crippen LogP contribution in [0.5, 0.6) is 0 Å². The summed E-state index contributed by atoms with van der Waals surface area (Å²) in [6, 6.07) is 11.1. The summed E-state index contributed by atoms with van der Waals surface area (Å²) < 4.78 is 0. The fraction of sp³-hybridized carbons (Fsp3) is 0.500. The van der Waals surface area contributed by atoms with Crippen molar-refractivity contribution in [2.24, 2.45) is 10.9 Å². The van der Waals surface area contributed by atoms with E-state index in [1.54, 1.807) is 0 Å². The second-order valence-electron chi connectivity index (χ2n) is 4.70. The zero-order valence-electron chi connectivity index (χ0n) is 11.0. The van der Waals surface area contributed by atoms with Gasteiger partial charge in [0.15, 0.2) is 5.96 Å². The quantitative estimate of drug-likeness (QED) is 0.492. The highest BCUT2D eigenvalue weighted by Gasteiger charge is 2.32. The fourth-order valence-electron chi connectivity index (χ4n) is 1.86. The Morgan fingerprint density at radius 3 is 2.56 bits per heavy atom. The van der Waals surface area contributed by atoms with E-state index in [0.29, 0.717) is 6.04 Å². The van der Waals surface area contributed by atoms with E-state index in [-0.39, 0.29) is 24.0 Å². The van der Waals surface area contributed by atoms with E-state index >= 15 is 0 Å². The summed E-state index contributed by atoms with van der Waals surface area (Å²) in [6.45, 7) is 3.18. The van der Waals surface area contributed by atoms with E-state index in [9.17, 15) is 0 Å². The van der Waals surface area contributed by atoms with Crippen molar-refractivity contribution < 1.29 is 0 Å². The summed E-state index contributed by atoms with van der Waals surface area (Å²) in [7, 11) is 1.82. The Bertz CT molecular complexity index is 378. The molecule has 0 bridgehead atoms. The van der Waals surface area contributed by atoms with Crippen molar-refractivity contribution in [3.63, 3.8) is 0 Å². The predicted molar refractivity (Wildman–Crippen MR) is 87.6 cm³/mol. The summed E-state index contributed by atoms with van der Waals surface area (Å²) in [4.78, 5) is 4.23. The standard InChI is InChI=1S/C14H21N3.HI/c1-11-10-13(11)17-14(15-2)16-9-8-12-6-4-3-5-7-12;/h3-7,11,13H,8-10H2,1-2H3,(H2,15,16,17);1H. The first-order valence-electron chi connectivity index (χ1n) is 6.30. The van der Waals surface area contributed by atoms with Gasteiger partial charge in [0, 0.05) is 19.6 Å². The smallest absolute Gasteiger partial charge is 0.191 e. The molecule has 3 nitrogen and oxygen atoms in total. The maximum absolute atomic E-state index is 4.23. The van der Waals surface area contributed by atoms with Crippen LogP contribution in [0.2, 0.25) is 0 Å². The molecule has 0 aliphatic heterocycles. The van der Waals surface area contributed by atoms with Crippen LogP contribution < -0.4 is 10.6 Å². The van der Waals surface area contributed by atoms with Gasteiger partial charge < -0.3 is 10.6 Å². The van der Waals surface area contributed by atoms with Crippen LogP contribution in [0.1, 0.15) is 18.9 Å². The Labute approximate surface area is 126 Å². The molecule has 2 rings (SSSR count). The molecule has 1 aliphatic rings. The van der Waals surface area contributed by atoms with Gasteiger partial charge in [0.1, 0.15) is 0 Å². The molecule has 0 aromatic heterocycles. The molecule has 1 aromatic rings. The Morgan fingerprint density at radius 2 is 2.00 bits per heavy atom. The average molecular weight is 359 g/mol. The van der Waals surface area contributed by atoms with Crippen molar-refractivity contribution in [2.75, 3.05) is 13.6 Å². The maximum atomic E-state index is 4.23. The van der Waals surface area contributed by atoms with E-state index in [1.807, 2.05) is 13.1 Å². The first-order valence-corrected chi connectivity index (χ1v) is 6.30. The van der Waals surface area contributed by atoms with Gasteiger partial charge in [-0.3, -0.25) is 4.99 Å². The lowest BCUT2D eigenvalue weighted by molar-refractivity contribution is 0.758. The molecular weight excluding hydrogens is 337 g/mol. The van der Waals surface area contributed by atoms with Crippen LogP contribution in [0, 0.1) is 5.92 Å². The molecule has 4 heteroatoms. The minimum Gasteiger partial charge on any atom is -0.356 e. The summed E-state index contributed by atoms with van der Waals surface area (Å²) in [5, 5.41) is 6.76. The molecule has 0 amide bonds. The van der Waals surface area contributed by atoms with Crippen molar-refractivity contribution in [3.05, 3.63) is 35.9 Å². The number of aliphatic imine (C=N–C) groups is 1. The van der Waals surface area contributed by atoms with E-state index in [0.717, 1.165) is 24.8 Å². The maximum Gasteiger partial charge on any atom is 0.191 e. The number of nitrogens with one attached hydrogen (secondary N) is 2. The van der Waals surface area contributed by atoms with Gasteiger partial charge in [0.2, 0.25) is 0 Å². The summed E-state index contributed by atoms with van der Waals surface area (Å²) in [5.41, 5.74) is 1.36. The molecule has 2 unspecified atom stereocenters. The fourth-order valence-corrected chi connectivity index (χ4v) is 1.86. The van der Waals surface area contributed by atoms with Crippen molar-refractivity contribution in [1.82, 2.24) is 10.6 Å². The minimum absolute atomic E-state index is 0. The van der Waals surface area contributed by atoms with Gasteiger partial charge >= 0.3 is 0 Å². The average Bonchev–Trinajstić information content (AvgIpc) is 3.05. The van der Waals surface area contributed by atoms with Crippen LogP contribution >= 0.6 is 24.0 Å². The number of rotatable bonds is 4. The lowest BCUT2D eigenvalue weighted by Gasteiger charge is -2.11. The van der Waals surface area contributed by atoms with Crippen molar-refractivity contribution in [3.8, 4) is 0 Å². The number of guanidine groups is 1. The Morgan fingerprint density at radius 1 is 1.33 bits per heavy atom. The number of hydrogen-bond acceptors (Lipinski definition) is 1. The van der Waals surface area contributed by atoms with Crippen LogP contribution in [0.15, 0.2) is 35.3 Å². The normalized spacial score (nSPS) is 22.0. The summed E-state index contributed by atoms with van der Waals surface area (Å²) in [6.07, 6.45) is 2.29. The molecule has 0 saturated heterocycles. The molecule has 18 heavy (non-hydrogen) atoms. The Kier molecular flexibility index (Phi) is 6.46. The first kappa shape index (κ1) is 15.3. The topological polar surface area (TPSA) is 36.4 Å². The lowest BCUT2D eigenvalue weighted by atomic mass is 10.1. The van der Waals surface area contributed by atoms with Gasteiger partial charge in [-0.25, -0.2) is 0 Å². The SMILES string of the molecule is CN=C(NCCc1ccccc1)NC1CC1C.I. The third kappa shape index (κ3) is 4.84. The number of halogens is 1. The Balaban J connectivity index is 0.00000162. The second kappa shape index (κ2) is 7.61. The third-order valence-electron chi connectivity index (χ3n) is 3.20. The molecule has 0 heterocycles. The van der Waals surface area contributed by atoms with Gasteiger partial charge in [-0.1, -0.05) is 37.3 Å². The van der Waals surface area contributed by atoms with E-state index in [1.165, 1.54) is 12.0 Å². The Hall–Kier alpha value is -0.780. The number of hydrogen-bond donors (Lipinski definition) is 2. The molecule has 100 valence electrons. The predicted octanol–water partition coefficient (Wildman–Crippen LogP) is 2.42. The summed E-state index contributed by atoms with van der Waals surface area (Å²) in [5.74, 6) is 1.72. The monoisotopic (exact) mass is 359 g/mol. The lowest BCUT2D eigenvalue weighted by Crippen LogP contribution is -2.39. The highest BCUT2D eigenvalue weighted by atomic mass is 127. The molecular formula is C14H22IN3. The van der Waals surface area contributed by atoms with E-state index in [2.05, 4.69) is 46.8 Å². The van der Waals surface area contributed by atoms with Crippen molar-refractivity contribution in [1.29, 1.82) is 0 Å². The highest BCUT2D eigenvalue weighted by molar-refractivity contribution is 14.0. The van der Waals surface area contributed by atoms with E-state index in [4.69, 9.17) is 0 Å². The van der Waals surface area contributed by atoms with E-state index < -0.39 is 0 Å². The van der Waals surface area contributed by atoms with Crippen LogP contribution in [-0.4, -0.2) is 25.6 Å². The highest BCUT2D eigenvalue weighted by Crippen LogP contribution is 2.28. The molecule has 0 radical (unpaired) electrons. The number of nitrogens with zero attached hydrogens (tertiary/aromatic N) is 1.